The van der Waals surface area contributed by atoms with E-state index in [0.29, 0.717) is 13.0 Å². The molecule has 4 heteroatoms. The molecule has 1 aromatic carbocycles. The van der Waals surface area contributed by atoms with Crippen LogP contribution in [0.5, 0.6) is 0 Å². The summed E-state index contributed by atoms with van der Waals surface area (Å²) in [6.45, 7) is 4.43. The van der Waals surface area contributed by atoms with Gasteiger partial charge in [-0.1, -0.05) is 43.7 Å². The minimum Gasteiger partial charge on any atom is -0.473 e. The highest BCUT2D eigenvalue weighted by atomic mass is 16.7. The SMILES string of the molecule is CCCCC(=O)OCCOC(C)OC=Cc1ccccc1. The molecule has 0 N–H and O–H groups in total. The lowest BCUT2D eigenvalue weighted by Crippen LogP contribution is -2.16. The maximum absolute atomic E-state index is 11.3. The average Bonchev–Trinajstić information content (AvgIpc) is 2.50. The Morgan fingerprint density at radius 3 is 2.71 bits per heavy atom. The summed E-state index contributed by atoms with van der Waals surface area (Å²) in [5.41, 5.74) is 1.06. The zero-order chi connectivity index (χ0) is 15.3. The van der Waals surface area contributed by atoms with Crippen molar-refractivity contribution in [3.05, 3.63) is 42.2 Å². The van der Waals surface area contributed by atoms with E-state index in [-0.39, 0.29) is 18.9 Å². The van der Waals surface area contributed by atoms with E-state index in [1.165, 1.54) is 0 Å². The van der Waals surface area contributed by atoms with Gasteiger partial charge in [-0.25, -0.2) is 0 Å². The van der Waals surface area contributed by atoms with Crippen molar-refractivity contribution in [3.8, 4) is 0 Å². The van der Waals surface area contributed by atoms with Crippen LogP contribution in [0.25, 0.3) is 6.08 Å². The number of carbonyl (C=O) groups excluding carboxylic acids is 1. The minimum absolute atomic E-state index is 0.169. The lowest BCUT2D eigenvalue weighted by atomic mass is 10.2. The van der Waals surface area contributed by atoms with Gasteiger partial charge in [0.25, 0.3) is 0 Å². The standard InChI is InChI=1S/C17H24O4/c1-3-4-10-17(18)21-14-13-20-15(2)19-12-11-16-8-6-5-7-9-16/h5-9,11-12,15H,3-4,10,13-14H2,1-2H3. The van der Waals surface area contributed by atoms with Crippen molar-refractivity contribution < 1.29 is 19.0 Å². The van der Waals surface area contributed by atoms with Gasteiger partial charge in [0.2, 0.25) is 0 Å². The first-order chi connectivity index (χ1) is 10.2. The Morgan fingerprint density at radius 2 is 2.00 bits per heavy atom. The van der Waals surface area contributed by atoms with E-state index in [2.05, 4.69) is 0 Å². The molecule has 21 heavy (non-hydrogen) atoms. The largest absolute Gasteiger partial charge is 0.473 e. The summed E-state index contributed by atoms with van der Waals surface area (Å²) >= 11 is 0. The second-order valence-electron chi connectivity index (χ2n) is 4.61. The third kappa shape index (κ3) is 8.87. The number of benzene rings is 1. The highest BCUT2D eigenvalue weighted by molar-refractivity contribution is 5.69. The van der Waals surface area contributed by atoms with E-state index in [1.807, 2.05) is 43.3 Å². The molecule has 0 heterocycles. The number of carbonyl (C=O) groups is 1. The average molecular weight is 292 g/mol. The van der Waals surface area contributed by atoms with E-state index in [1.54, 1.807) is 13.2 Å². The number of hydrogen-bond donors (Lipinski definition) is 0. The van der Waals surface area contributed by atoms with Gasteiger partial charge in [0.1, 0.15) is 6.61 Å². The Hall–Kier alpha value is -1.81. The van der Waals surface area contributed by atoms with Gasteiger partial charge in [-0.2, -0.15) is 0 Å². The predicted molar refractivity (Wildman–Crippen MR) is 82.5 cm³/mol. The maximum atomic E-state index is 11.3. The van der Waals surface area contributed by atoms with E-state index < -0.39 is 0 Å². The zero-order valence-corrected chi connectivity index (χ0v) is 12.8. The molecule has 116 valence electrons. The normalized spacial score (nSPS) is 12.3. The van der Waals surface area contributed by atoms with Crippen molar-refractivity contribution in [1.82, 2.24) is 0 Å². The molecule has 1 aromatic rings. The van der Waals surface area contributed by atoms with E-state index in [9.17, 15) is 4.79 Å². The van der Waals surface area contributed by atoms with Crippen LogP contribution in [0.2, 0.25) is 0 Å². The highest BCUT2D eigenvalue weighted by Crippen LogP contribution is 2.03. The molecule has 1 rings (SSSR count). The number of hydrogen-bond acceptors (Lipinski definition) is 4. The van der Waals surface area contributed by atoms with E-state index >= 15 is 0 Å². The Morgan fingerprint density at radius 1 is 1.24 bits per heavy atom. The van der Waals surface area contributed by atoms with Gasteiger partial charge in [0.05, 0.1) is 12.9 Å². The van der Waals surface area contributed by atoms with Crippen molar-refractivity contribution in [2.75, 3.05) is 13.2 Å². The second-order valence-corrected chi connectivity index (χ2v) is 4.61. The van der Waals surface area contributed by atoms with Gasteiger partial charge in [-0.3, -0.25) is 4.79 Å². The van der Waals surface area contributed by atoms with Gasteiger partial charge in [0.15, 0.2) is 6.29 Å². The van der Waals surface area contributed by atoms with Crippen molar-refractivity contribution in [2.24, 2.45) is 0 Å². The molecule has 0 saturated heterocycles. The molecule has 1 atom stereocenters. The highest BCUT2D eigenvalue weighted by Gasteiger charge is 2.03. The van der Waals surface area contributed by atoms with Crippen LogP contribution in [0.1, 0.15) is 38.7 Å². The summed E-state index contributed by atoms with van der Waals surface area (Å²) in [4.78, 5) is 11.3. The third-order valence-electron chi connectivity index (χ3n) is 2.76. The van der Waals surface area contributed by atoms with Crippen molar-refractivity contribution >= 4 is 12.0 Å². The molecule has 0 aliphatic heterocycles. The van der Waals surface area contributed by atoms with Crippen LogP contribution in [0.15, 0.2) is 36.6 Å². The number of unbranched alkanes of at least 4 members (excludes halogenated alkanes) is 1. The van der Waals surface area contributed by atoms with Gasteiger partial charge >= 0.3 is 5.97 Å². The predicted octanol–water partition coefficient (Wildman–Crippen LogP) is 3.77. The van der Waals surface area contributed by atoms with Crippen LogP contribution < -0.4 is 0 Å². The monoisotopic (exact) mass is 292 g/mol. The minimum atomic E-state index is -0.376. The molecule has 4 nitrogen and oxygen atoms in total. The quantitative estimate of drug-likeness (QED) is 0.285. The molecule has 0 aliphatic rings. The first kappa shape index (κ1) is 17.2. The fourth-order valence-electron chi connectivity index (χ4n) is 1.59. The lowest BCUT2D eigenvalue weighted by molar-refractivity contribution is -0.150. The molecule has 0 radical (unpaired) electrons. The smallest absolute Gasteiger partial charge is 0.305 e. The van der Waals surface area contributed by atoms with Crippen LogP contribution in [-0.4, -0.2) is 25.5 Å². The third-order valence-corrected chi connectivity index (χ3v) is 2.76. The molecule has 0 aromatic heterocycles. The van der Waals surface area contributed by atoms with Gasteiger partial charge in [0, 0.05) is 6.42 Å². The molecule has 0 aliphatic carbocycles. The first-order valence-corrected chi connectivity index (χ1v) is 7.36. The summed E-state index contributed by atoms with van der Waals surface area (Å²) in [6.07, 6.45) is 5.42. The molecule has 0 amide bonds. The molecular weight excluding hydrogens is 268 g/mol. The van der Waals surface area contributed by atoms with Gasteiger partial charge < -0.3 is 14.2 Å². The second kappa shape index (κ2) is 10.9. The zero-order valence-electron chi connectivity index (χ0n) is 12.8. The van der Waals surface area contributed by atoms with Crippen LogP contribution >= 0.6 is 0 Å². The van der Waals surface area contributed by atoms with Crippen molar-refractivity contribution in [2.45, 2.75) is 39.4 Å². The van der Waals surface area contributed by atoms with E-state index in [0.717, 1.165) is 18.4 Å². The van der Waals surface area contributed by atoms with Gasteiger partial charge in [-0.15, -0.1) is 0 Å². The van der Waals surface area contributed by atoms with Crippen molar-refractivity contribution in [1.29, 1.82) is 0 Å². The molecule has 0 bridgehead atoms. The summed E-state index contributed by atoms with van der Waals surface area (Å²) in [5, 5.41) is 0. The number of rotatable bonds is 10. The Kier molecular flexibility index (Phi) is 8.96. The number of esters is 1. The molecular formula is C17H24O4. The molecule has 0 saturated carbocycles. The lowest BCUT2D eigenvalue weighted by Gasteiger charge is -2.12. The van der Waals surface area contributed by atoms with Gasteiger partial charge in [-0.05, 0) is 25.0 Å². The van der Waals surface area contributed by atoms with Crippen LogP contribution in [0.4, 0.5) is 0 Å². The summed E-state index contributed by atoms with van der Waals surface area (Å²) in [7, 11) is 0. The Balaban J connectivity index is 2.07. The number of ether oxygens (including phenoxy) is 3. The topological polar surface area (TPSA) is 44.8 Å². The molecule has 1 unspecified atom stereocenters. The molecule has 0 fully saturated rings. The fourth-order valence-corrected chi connectivity index (χ4v) is 1.59. The van der Waals surface area contributed by atoms with E-state index in [4.69, 9.17) is 14.2 Å². The van der Waals surface area contributed by atoms with Crippen LogP contribution in [-0.2, 0) is 19.0 Å². The molecule has 0 spiro atoms. The Bertz CT molecular complexity index is 414. The van der Waals surface area contributed by atoms with Crippen LogP contribution in [0, 0.1) is 0 Å². The summed E-state index contributed by atoms with van der Waals surface area (Å²) in [6, 6.07) is 9.87. The maximum Gasteiger partial charge on any atom is 0.305 e. The summed E-state index contributed by atoms with van der Waals surface area (Å²) in [5.74, 6) is -0.169. The van der Waals surface area contributed by atoms with Crippen LogP contribution in [0.3, 0.4) is 0 Å². The van der Waals surface area contributed by atoms with Crippen molar-refractivity contribution in [3.63, 3.8) is 0 Å². The first-order valence-electron chi connectivity index (χ1n) is 7.36. The Labute approximate surface area is 126 Å². The summed E-state index contributed by atoms with van der Waals surface area (Å²) < 4.78 is 15.8. The fraction of sp³-hybridized carbons (Fsp3) is 0.471.